The summed E-state index contributed by atoms with van der Waals surface area (Å²) < 4.78 is 5.51. The molecule has 1 heterocycles. The molecule has 1 aliphatic heterocycles. The number of carbonyl (C=O) groups is 1. The number of aliphatic hydroxyl groups is 1. The number of benzene rings is 1. The summed E-state index contributed by atoms with van der Waals surface area (Å²) in [5.41, 5.74) is 1.99. The molecule has 0 fully saturated rings. The Morgan fingerprint density at radius 1 is 1.44 bits per heavy atom. The first kappa shape index (κ1) is 12.9. The number of aliphatic carboxylic acids is 1. The first-order chi connectivity index (χ1) is 8.66. The molecule has 1 unspecified atom stereocenters. The van der Waals surface area contributed by atoms with Crippen LogP contribution < -0.4 is 4.74 Å². The van der Waals surface area contributed by atoms with Gasteiger partial charge >= 0.3 is 5.97 Å². The summed E-state index contributed by atoms with van der Waals surface area (Å²) in [6.07, 6.45) is 2.47. The smallest absolute Gasteiger partial charge is 0.303 e. The molecular formula is C14H18O4. The van der Waals surface area contributed by atoms with Gasteiger partial charge in [0, 0.05) is 6.42 Å². The Hall–Kier alpha value is -1.55. The zero-order valence-corrected chi connectivity index (χ0v) is 10.3. The predicted molar refractivity (Wildman–Crippen MR) is 66.7 cm³/mol. The van der Waals surface area contributed by atoms with Crippen LogP contribution in [0.15, 0.2) is 18.2 Å². The summed E-state index contributed by atoms with van der Waals surface area (Å²) in [5, 5.41) is 18.6. The molecule has 1 aromatic carbocycles. The third-order valence-electron chi connectivity index (χ3n) is 3.19. The van der Waals surface area contributed by atoms with Gasteiger partial charge in [-0.3, -0.25) is 4.79 Å². The van der Waals surface area contributed by atoms with E-state index in [0.29, 0.717) is 12.8 Å². The molecule has 0 amide bonds. The average Bonchev–Trinajstić information content (AvgIpc) is 2.37. The fourth-order valence-electron chi connectivity index (χ4n) is 2.20. The van der Waals surface area contributed by atoms with Gasteiger partial charge in [-0.2, -0.15) is 0 Å². The molecule has 0 spiro atoms. The van der Waals surface area contributed by atoms with Crippen molar-refractivity contribution >= 4 is 5.97 Å². The van der Waals surface area contributed by atoms with E-state index in [1.807, 2.05) is 18.2 Å². The number of hydrogen-bond donors (Lipinski definition) is 2. The van der Waals surface area contributed by atoms with Crippen LogP contribution >= 0.6 is 0 Å². The highest BCUT2D eigenvalue weighted by Gasteiger charge is 2.14. The average molecular weight is 250 g/mol. The molecule has 0 saturated carbocycles. The van der Waals surface area contributed by atoms with Crippen molar-refractivity contribution in [1.29, 1.82) is 0 Å². The van der Waals surface area contributed by atoms with Crippen LogP contribution in [0, 0.1) is 0 Å². The van der Waals surface area contributed by atoms with Gasteiger partial charge in [0.1, 0.15) is 5.75 Å². The highest BCUT2D eigenvalue weighted by Crippen LogP contribution is 2.29. The van der Waals surface area contributed by atoms with Crippen molar-refractivity contribution in [3.05, 3.63) is 29.3 Å². The number of fused-ring (bicyclic) bond motifs is 1. The minimum atomic E-state index is -0.818. The van der Waals surface area contributed by atoms with Gasteiger partial charge in [-0.1, -0.05) is 6.07 Å². The van der Waals surface area contributed by atoms with Gasteiger partial charge < -0.3 is 14.9 Å². The van der Waals surface area contributed by atoms with Gasteiger partial charge in [-0.25, -0.2) is 0 Å². The van der Waals surface area contributed by atoms with Crippen molar-refractivity contribution in [1.82, 2.24) is 0 Å². The van der Waals surface area contributed by atoms with Crippen LogP contribution in [0.4, 0.5) is 0 Å². The van der Waals surface area contributed by atoms with Gasteiger partial charge in [0.15, 0.2) is 0 Å². The van der Waals surface area contributed by atoms with Crippen molar-refractivity contribution in [2.75, 3.05) is 6.61 Å². The summed E-state index contributed by atoms with van der Waals surface area (Å²) >= 11 is 0. The summed E-state index contributed by atoms with van der Waals surface area (Å²) in [4.78, 5) is 10.4. The second kappa shape index (κ2) is 5.87. The molecule has 0 saturated heterocycles. The van der Waals surface area contributed by atoms with Crippen LogP contribution in [0.1, 0.15) is 42.9 Å². The number of rotatable bonds is 5. The molecule has 98 valence electrons. The van der Waals surface area contributed by atoms with Crippen molar-refractivity contribution in [3.63, 3.8) is 0 Å². The second-order valence-corrected chi connectivity index (χ2v) is 4.62. The van der Waals surface area contributed by atoms with Gasteiger partial charge in [-0.05, 0) is 48.9 Å². The number of carboxylic acid groups (broad SMARTS) is 1. The maximum atomic E-state index is 10.4. The van der Waals surface area contributed by atoms with Crippen molar-refractivity contribution in [2.24, 2.45) is 0 Å². The van der Waals surface area contributed by atoms with E-state index < -0.39 is 12.1 Å². The molecule has 4 nitrogen and oxygen atoms in total. The predicted octanol–water partition coefficient (Wildman–Crippen LogP) is 2.30. The Bertz CT molecular complexity index is 428. The first-order valence-electron chi connectivity index (χ1n) is 6.32. The van der Waals surface area contributed by atoms with Crippen LogP contribution in [0.5, 0.6) is 5.75 Å². The summed E-state index contributed by atoms with van der Waals surface area (Å²) in [5.74, 6) is 0.0868. The number of ether oxygens (including phenoxy) is 1. The standard InChI is InChI=1S/C14H18O4/c15-12(4-1-5-14(16)17)10-6-7-13-11(9-10)3-2-8-18-13/h6-7,9,12,15H,1-5,8H2,(H,16,17). The fourth-order valence-corrected chi connectivity index (χ4v) is 2.20. The monoisotopic (exact) mass is 250 g/mol. The molecule has 1 aromatic rings. The lowest BCUT2D eigenvalue weighted by molar-refractivity contribution is -0.137. The zero-order chi connectivity index (χ0) is 13.0. The molecule has 1 atom stereocenters. The fraction of sp³-hybridized carbons (Fsp3) is 0.500. The lowest BCUT2D eigenvalue weighted by Gasteiger charge is -2.19. The quantitative estimate of drug-likeness (QED) is 0.841. The van der Waals surface area contributed by atoms with E-state index in [1.165, 1.54) is 0 Å². The van der Waals surface area contributed by atoms with Crippen LogP contribution in [0.2, 0.25) is 0 Å². The van der Waals surface area contributed by atoms with E-state index in [0.717, 1.165) is 36.3 Å². The molecular weight excluding hydrogens is 232 g/mol. The molecule has 18 heavy (non-hydrogen) atoms. The molecule has 0 radical (unpaired) electrons. The van der Waals surface area contributed by atoms with Crippen molar-refractivity contribution in [3.8, 4) is 5.75 Å². The minimum absolute atomic E-state index is 0.102. The van der Waals surface area contributed by atoms with Crippen molar-refractivity contribution < 1.29 is 19.7 Å². The van der Waals surface area contributed by atoms with Crippen LogP contribution in [0.3, 0.4) is 0 Å². The summed E-state index contributed by atoms with van der Waals surface area (Å²) in [7, 11) is 0. The van der Waals surface area contributed by atoms with E-state index in [4.69, 9.17) is 9.84 Å². The Balaban J connectivity index is 1.97. The molecule has 0 bridgehead atoms. The van der Waals surface area contributed by atoms with Crippen LogP contribution in [0.25, 0.3) is 0 Å². The molecule has 0 aromatic heterocycles. The highest BCUT2D eigenvalue weighted by atomic mass is 16.5. The highest BCUT2D eigenvalue weighted by molar-refractivity contribution is 5.66. The second-order valence-electron chi connectivity index (χ2n) is 4.62. The van der Waals surface area contributed by atoms with Crippen molar-refractivity contribution in [2.45, 2.75) is 38.2 Å². The Morgan fingerprint density at radius 3 is 3.06 bits per heavy atom. The number of carboxylic acids is 1. The van der Waals surface area contributed by atoms with Gasteiger partial charge in [-0.15, -0.1) is 0 Å². The van der Waals surface area contributed by atoms with Gasteiger partial charge in [0.05, 0.1) is 12.7 Å². The Labute approximate surface area is 106 Å². The lowest BCUT2D eigenvalue weighted by Crippen LogP contribution is -2.09. The maximum absolute atomic E-state index is 10.4. The third-order valence-corrected chi connectivity index (χ3v) is 3.19. The SMILES string of the molecule is O=C(O)CCCC(O)c1ccc2c(c1)CCCO2. The summed E-state index contributed by atoms with van der Waals surface area (Å²) in [6, 6.07) is 5.72. The molecule has 1 aliphatic rings. The van der Waals surface area contributed by atoms with E-state index in [2.05, 4.69) is 0 Å². The van der Waals surface area contributed by atoms with E-state index in [-0.39, 0.29) is 6.42 Å². The van der Waals surface area contributed by atoms with E-state index >= 15 is 0 Å². The lowest BCUT2D eigenvalue weighted by atomic mass is 9.98. The first-order valence-corrected chi connectivity index (χ1v) is 6.32. The molecule has 0 aliphatic carbocycles. The largest absolute Gasteiger partial charge is 0.493 e. The van der Waals surface area contributed by atoms with Gasteiger partial charge in [0.25, 0.3) is 0 Å². The van der Waals surface area contributed by atoms with E-state index in [1.54, 1.807) is 0 Å². The third kappa shape index (κ3) is 3.23. The molecule has 2 N–H and O–H groups in total. The minimum Gasteiger partial charge on any atom is -0.493 e. The molecule has 2 rings (SSSR count). The Kier molecular flexibility index (Phi) is 4.20. The van der Waals surface area contributed by atoms with E-state index in [9.17, 15) is 9.90 Å². The van der Waals surface area contributed by atoms with Crippen LogP contribution in [-0.4, -0.2) is 22.8 Å². The van der Waals surface area contributed by atoms with Crippen LogP contribution in [-0.2, 0) is 11.2 Å². The number of aryl methyl sites for hydroxylation is 1. The topological polar surface area (TPSA) is 66.8 Å². The summed E-state index contributed by atoms with van der Waals surface area (Å²) in [6.45, 7) is 0.757. The number of aliphatic hydroxyl groups excluding tert-OH is 1. The van der Waals surface area contributed by atoms with Gasteiger partial charge in [0.2, 0.25) is 0 Å². The Morgan fingerprint density at radius 2 is 2.28 bits per heavy atom. The maximum Gasteiger partial charge on any atom is 0.303 e. The normalized spacial score (nSPS) is 15.6. The molecule has 4 heteroatoms. The number of hydrogen-bond acceptors (Lipinski definition) is 3. The zero-order valence-electron chi connectivity index (χ0n) is 10.3.